The van der Waals surface area contributed by atoms with Crippen molar-refractivity contribution in [1.29, 1.82) is 0 Å². The molecule has 0 unspecified atom stereocenters. The first-order chi connectivity index (χ1) is 8.99. The highest BCUT2D eigenvalue weighted by Gasteiger charge is 2.10. The predicted molar refractivity (Wildman–Crippen MR) is 67.1 cm³/mol. The number of carboxylic acid groups (broad SMARTS) is 1. The number of hydrogen-bond acceptors (Lipinski definition) is 3. The number of primary amides is 1. The number of carbonyl (C=O) groups is 2. The van der Waals surface area contributed by atoms with Crippen molar-refractivity contribution in [3.8, 4) is 0 Å². The lowest BCUT2D eigenvalue weighted by molar-refractivity contribution is 0.0697. The van der Waals surface area contributed by atoms with E-state index in [9.17, 15) is 14.4 Å². The molecule has 1 aromatic heterocycles. The number of H-pyrrole nitrogens is 1. The van der Waals surface area contributed by atoms with Gasteiger partial charge in [-0.25, -0.2) is 14.4 Å². The zero-order chi connectivity index (χ0) is 14.0. The van der Waals surface area contributed by atoms with Gasteiger partial charge in [0.2, 0.25) is 0 Å². The number of amides is 2. The van der Waals surface area contributed by atoms with Gasteiger partial charge in [-0.2, -0.15) is 0 Å². The van der Waals surface area contributed by atoms with Gasteiger partial charge in [-0.05, 0) is 18.2 Å². The maximum absolute atomic E-state index is 11.7. The SMILES string of the molecule is NC(=O)NCCn1c(=O)[nH]c2ccc(C(=O)O)cc21. The van der Waals surface area contributed by atoms with Gasteiger partial charge in [-0.1, -0.05) is 0 Å². The molecule has 0 radical (unpaired) electrons. The molecule has 19 heavy (non-hydrogen) atoms. The van der Waals surface area contributed by atoms with Crippen molar-refractivity contribution in [2.75, 3.05) is 6.54 Å². The van der Waals surface area contributed by atoms with Crippen molar-refractivity contribution in [2.24, 2.45) is 5.73 Å². The number of urea groups is 1. The number of aromatic carboxylic acids is 1. The Hall–Kier alpha value is -2.77. The molecule has 0 aliphatic heterocycles. The summed E-state index contributed by atoms with van der Waals surface area (Å²) < 4.78 is 1.34. The van der Waals surface area contributed by atoms with Crippen LogP contribution in [-0.4, -0.2) is 33.2 Å². The highest BCUT2D eigenvalue weighted by Crippen LogP contribution is 2.12. The molecule has 8 nitrogen and oxygen atoms in total. The fourth-order valence-electron chi connectivity index (χ4n) is 1.80. The first kappa shape index (κ1) is 12.7. The number of nitrogens with zero attached hydrogens (tertiary/aromatic N) is 1. The van der Waals surface area contributed by atoms with E-state index in [0.29, 0.717) is 11.0 Å². The fourth-order valence-corrected chi connectivity index (χ4v) is 1.80. The second-order valence-corrected chi connectivity index (χ2v) is 3.91. The van der Waals surface area contributed by atoms with E-state index >= 15 is 0 Å². The Balaban J connectivity index is 2.38. The number of carbonyl (C=O) groups excluding carboxylic acids is 1. The van der Waals surface area contributed by atoms with Gasteiger partial charge in [-0.15, -0.1) is 0 Å². The average molecular weight is 264 g/mol. The fraction of sp³-hybridized carbons (Fsp3) is 0.182. The second kappa shape index (κ2) is 4.84. The lowest BCUT2D eigenvalue weighted by atomic mass is 10.2. The minimum Gasteiger partial charge on any atom is -0.478 e. The van der Waals surface area contributed by atoms with E-state index in [-0.39, 0.29) is 24.3 Å². The van der Waals surface area contributed by atoms with E-state index in [0.717, 1.165) is 0 Å². The summed E-state index contributed by atoms with van der Waals surface area (Å²) in [6.07, 6.45) is 0. The van der Waals surface area contributed by atoms with E-state index in [1.54, 1.807) is 0 Å². The molecule has 0 bridgehead atoms. The summed E-state index contributed by atoms with van der Waals surface area (Å²) in [6.45, 7) is 0.379. The summed E-state index contributed by atoms with van der Waals surface area (Å²) in [6, 6.07) is 3.66. The van der Waals surface area contributed by atoms with Crippen molar-refractivity contribution < 1.29 is 14.7 Å². The van der Waals surface area contributed by atoms with Crippen LogP contribution in [0.2, 0.25) is 0 Å². The van der Waals surface area contributed by atoms with Gasteiger partial charge < -0.3 is 21.1 Å². The number of nitrogens with two attached hydrogens (primary N) is 1. The number of rotatable bonds is 4. The summed E-state index contributed by atoms with van der Waals surface area (Å²) in [5.74, 6) is -1.07. The largest absolute Gasteiger partial charge is 0.478 e. The minimum atomic E-state index is -1.07. The number of carboxylic acids is 1. The molecule has 0 atom stereocenters. The number of aromatic amines is 1. The highest BCUT2D eigenvalue weighted by molar-refractivity contribution is 5.92. The molecule has 0 saturated heterocycles. The first-order valence-electron chi connectivity index (χ1n) is 5.48. The Kier molecular flexibility index (Phi) is 3.23. The molecular weight excluding hydrogens is 252 g/mol. The van der Waals surface area contributed by atoms with Crippen LogP contribution in [0.4, 0.5) is 4.79 Å². The first-order valence-corrected chi connectivity index (χ1v) is 5.48. The Morgan fingerprint density at radius 3 is 2.79 bits per heavy atom. The molecule has 1 heterocycles. The summed E-state index contributed by atoms with van der Waals surface area (Å²) in [4.78, 5) is 35.8. The third-order valence-corrected chi connectivity index (χ3v) is 2.66. The quantitative estimate of drug-likeness (QED) is 0.603. The van der Waals surface area contributed by atoms with Crippen LogP contribution >= 0.6 is 0 Å². The monoisotopic (exact) mass is 264 g/mol. The molecule has 2 rings (SSSR count). The molecule has 2 aromatic rings. The van der Waals surface area contributed by atoms with Gasteiger partial charge in [0.1, 0.15) is 0 Å². The van der Waals surface area contributed by atoms with Crippen molar-refractivity contribution in [3.63, 3.8) is 0 Å². The van der Waals surface area contributed by atoms with Crippen LogP contribution in [0, 0.1) is 0 Å². The summed E-state index contributed by atoms with van der Waals surface area (Å²) >= 11 is 0. The van der Waals surface area contributed by atoms with Crippen LogP contribution in [0.5, 0.6) is 0 Å². The number of aromatic nitrogens is 2. The van der Waals surface area contributed by atoms with E-state index in [2.05, 4.69) is 10.3 Å². The van der Waals surface area contributed by atoms with Crippen molar-refractivity contribution >= 4 is 23.0 Å². The normalized spacial score (nSPS) is 10.5. The van der Waals surface area contributed by atoms with E-state index in [1.807, 2.05) is 0 Å². The van der Waals surface area contributed by atoms with Crippen molar-refractivity contribution in [1.82, 2.24) is 14.9 Å². The van der Waals surface area contributed by atoms with Gasteiger partial charge in [0.25, 0.3) is 0 Å². The van der Waals surface area contributed by atoms with Gasteiger partial charge in [0, 0.05) is 13.1 Å². The topological polar surface area (TPSA) is 130 Å². The maximum Gasteiger partial charge on any atom is 0.335 e. The van der Waals surface area contributed by atoms with Crippen LogP contribution in [0.15, 0.2) is 23.0 Å². The zero-order valence-corrected chi connectivity index (χ0v) is 9.84. The predicted octanol–water partition coefficient (Wildman–Crippen LogP) is -0.304. The molecule has 8 heteroatoms. The third kappa shape index (κ3) is 2.57. The van der Waals surface area contributed by atoms with Crippen molar-refractivity contribution in [2.45, 2.75) is 6.54 Å². The second-order valence-electron chi connectivity index (χ2n) is 3.91. The maximum atomic E-state index is 11.7. The summed E-state index contributed by atoms with van der Waals surface area (Å²) in [5, 5.41) is 11.3. The molecule has 0 spiro atoms. The van der Waals surface area contributed by atoms with E-state index < -0.39 is 12.0 Å². The van der Waals surface area contributed by atoms with Gasteiger partial charge >= 0.3 is 17.7 Å². The standard InChI is InChI=1S/C11H12N4O4/c12-10(18)13-3-4-15-8-5-6(9(16)17)1-2-7(8)14-11(15)19/h1-2,5H,3-4H2,(H,14,19)(H,16,17)(H3,12,13,18). The van der Waals surface area contributed by atoms with Crippen LogP contribution < -0.4 is 16.7 Å². The Labute approximate surface area is 106 Å². The number of imidazole rings is 1. The lowest BCUT2D eigenvalue weighted by Crippen LogP contribution is -2.33. The van der Waals surface area contributed by atoms with Crippen LogP contribution in [-0.2, 0) is 6.54 Å². The Morgan fingerprint density at radius 2 is 2.16 bits per heavy atom. The number of benzene rings is 1. The number of hydrogen-bond donors (Lipinski definition) is 4. The van der Waals surface area contributed by atoms with Gasteiger partial charge in [0.05, 0.1) is 16.6 Å². The zero-order valence-electron chi connectivity index (χ0n) is 9.84. The Morgan fingerprint density at radius 1 is 1.42 bits per heavy atom. The van der Waals surface area contributed by atoms with Gasteiger partial charge in [-0.3, -0.25) is 4.57 Å². The molecule has 0 aliphatic carbocycles. The Bertz CT molecular complexity index is 700. The molecular formula is C11H12N4O4. The molecule has 0 aliphatic rings. The van der Waals surface area contributed by atoms with Gasteiger partial charge in [0.15, 0.2) is 0 Å². The number of fused-ring (bicyclic) bond motifs is 1. The molecule has 0 saturated carbocycles. The molecule has 0 fully saturated rings. The molecule has 1 aromatic carbocycles. The van der Waals surface area contributed by atoms with Crippen LogP contribution in [0.25, 0.3) is 11.0 Å². The van der Waals surface area contributed by atoms with Crippen molar-refractivity contribution in [3.05, 3.63) is 34.2 Å². The van der Waals surface area contributed by atoms with E-state index in [1.165, 1.54) is 22.8 Å². The lowest BCUT2D eigenvalue weighted by Gasteiger charge is -2.04. The summed E-state index contributed by atoms with van der Waals surface area (Å²) in [5.41, 5.74) is 5.64. The summed E-state index contributed by atoms with van der Waals surface area (Å²) in [7, 11) is 0. The highest BCUT2D eigenvalue weighted by atomic mass is 16.4. The average Bonchev–Trinajstić information content (AvgIpc) is 2.64. The van der Waals surface area contributed by atoms with Crippen LogP contribution in [0.3, 0.4) is 0 Å². The van der Waals surface area contributed by atoms with E-state index in [4.69, 9.17) is 10.8 Å². The third-order valence-electron chi connectivity index (χ3n) is 2.66. The molecule has 100 valence electrons. The van der Waals surface area contributed by atoms with Crippen LogP contribution in [0.1, 0.15) is 10.4 Å². The molecule has 2 amide bonds. The number of nitrogens with one attached hydrogen (secondary N) is 2. The molecule has 5 N–H and O–H groups in total. The smallest absolute Gasteiger partial charge is 0.335 e. The minimum absolute atomic E-state index is 0.0862.